The molecular weight excluding hydrogens is 387 g/mol. The highest BCUT2D eigenvalue weighted by molar-refractivity contribution is 14.1. The van der Waals surface area contributed by atoms with E-state index in [2.05, 4.69) is 32.6 Å². The Balaban J connectivity index is 2.17. The van der Waals surface area contributed by atoms with Crippen LogP contribution in [-0.4, -0.2) is 19.1 Å². The summed E-state index contributed by atoms with van der Waals surface area (Å²) in [7, 11) is 2.98. The maximum absolute atomic E-state index is 12.1. The van der Waals surface area contributed by atoms with Gasteiger partial charge < -0.3 is 9.72 Å². The van der Waals surface area contributed by atoms with Crippen LogP contribution in [0.15, 0.2) is 33.9 Å². The minimum atomic E-state index is -0.432. The van der Waals surface area contributed by atoms with Gasteiger partial charge in [0.15, 0.2) is 11.2 Å². The molecule has 7 nitrogen and oxygen atoms in total. The van der Waals surface area contributed by atoms with Crippen molar-refractivity contribution in [2.24, 2.45) is 14.1 Å². The maximum Gasteiger partial charge on any atom is 0.332 e. The van der Waals surface area contributed by atoms with Gasteiger partial charge in [-0.2, -0.15) is 4.98 Å². The Morgan fingerprint density at radius 3 is 2.62 bits per heavy atom. The molecule has 0 atom stereocenters. The number of aromatic nitrogens is 4. The molecule has 2 heterocycles. The van der Waals surface area contributed by atoms with Crippen LogP contribution in [0.25, 0.3) is 11.2 Å². The lowest BCUT2D eigenvalue weighted by atomic mass is 10.3. The van der Waals surface area contributed by atoms with Gasteiger partial charge in [-0.1, -0.05) is 12.1 Å². The van der Waals surface area contributed by atoms with Crippen molar-refractivity contribution in [1.29, 1.82) is 0 Å². The molecule has 1 aromatic carbocycles. The van der Waals surface area contributed by atoms with Crippen LogP contribution in [0.5, 0.6) is 11.8 Å². The molecule has 8 heteroatoms. The van der Waals surface area contributed by atoms with Crippen LogP contribution < -0.4 is 16.0 Å². The highest BCUT2D eigenvalue weighted by Gasteiger charge is 2.14. The third-order valence-corrected chi connectivity index (χ3v) is 4.01. The van der Waals surface area contributed by atoms with Gasteiger partial charge in [-0.25, -0.2) is 4.79 Å². The zero-order chi connectivity index (χ0) is 15.1. The summed E-state index contributed by atoms with van der Waals surface area (Å²) in [6.45, 7) is 0. The van der Waals surface area contributed by atoms with Crippen molar-refractivity contribution in [2.75, 3.05) is 0 Å². The van der Waals surface area contributed by atoms with E-state index in [1.807, 2.05) is 18.2 Å². The fraction of sp³-hybridized carbons (Fsp3) is 0.154. The van der Waals surface area contributed by atoms with Crippen molar-refractivity contribution in [3.8, 4) is 11.8 Å². The quantitative estimate of drug-likeness (QED) is 0.661. The molecule has 0 bridgehead atoms. The van der Waals surface area contributed by atoms with Crippen molar-refractivity contribution in [3.63, 3.8) is 0 Å². The first-order chi connectivity index (χ1) is 9.99. The largest absolute Gasteiger partial charge is 0.424 e. The molecule has 0 saturated carbocycles. The smallest absolute Gasteiger partial charge is 0.332 e. The average Bonchev–Trinajstić information content (AvgIpc) is 2.89. The van der Waals surface area contributed by atoms with Crippen LogP contribution in [-0.2, 0) is 14.1 Å². The van der Waals surface area contributed by atoms with Crippen molar-refractivity contribution in [3.05, 3.63) is 48.7 Å². The second kappa shape index (κ2) is 5.02. The molecule has 2 aromatic heterocycles. The van der Waals surface area contributed by atoms with Gasteiger partial charge in [0.2, 0.25) is 0 Å². The molecule has 0 aliphatic rings. The Morgan fingerprint density at radius 2 is 1.90 bits per heavy atom. The maximum atomic E-state index is 12.1. The fourth-order valence-electron chi connectivity index (χ4n) is 1.98. The van der Waals surface area contributed by atoms with Gasteiger partial charge in [-0.3, -0.25) is 13.9 Å². The summed E-state index contributed by atoms with van der Waals surface area (Å²) in [6, 6.07) is 7.61. The molecule has 0 spiro atoms. The number of rotatable bonds is 2. The second-order valence-corrected chi connectivity index (χ2v) is 5.64. The topological polar surface area (TPSA) is 81.9 Å². The van der Waals surface area contributed by atoms with Crippen molar-refractivity contribution < 1.29 is 4.74 Å². The number of fused-ring (bicyclic) bond motifs is 1. The van der Waals surface area contributed by atoms with Crippen molar-refractivity contribution >= 4 is 33.8 Å². The van der Waals surface area contributed by atoms with Gasteiger partial charge in [0.25, 0.3) is 5.56 Å². The monoisotopic (exact) mass is 398 g/mol. The molecule has 0 aliphatic carbocycles. The lowest BCUT2D eigenvalue weighted by Gasteiger charge is -2.02. The third kappa shape index (κ3) is 2.24. The standard InChI is InChI=1S/C13H11IN4O3/c1-17-10-9(11(19)18(2)13(17)20)15-12(16-10)21-8-6-4-3-5-7(8)14/h3-6H,1-2H3,(H,15,16). The molecule has 0 amide bonds. The van der Waals surface area contributed by atoms with Gasteiger partial charge >= 0.3 is 11.7 Å². The third-order valence-electron chi connectivity index (χ3n) is 3.12. The molecule has 108 valence electrons. The summed E-state index contributed by atoms with van der Waals surface area (Å²) in [5, 5.41) is 0. The predicted molar refractivity (Wildman–Crippen MR) is 85.8 cm³/mol. The Kier molecular flexibility index (Phi) is 3.32. The minimum Gasteiger partial charge on any atom is -0.424 e. The summed E-state index contributed by atoms with van der Waals surface area (Å²) in [6.07, 6.45) is 0. The van der Waals surface area contributed by atoms with Gasteiger partial charge in [0.05, 0.1) is 3.57 Å². The predicted octanol–water partition coefficient (Wildman–Crippen LogP) is 1.36. The van der Waals surface area contributed by atoms with Crippen LogP contribution in [0.2, 0.25) is 0 Å². The molecular formula is C13H11IN4O3. The van der Waals surface area contributed by atoms with Crippen LogP contribution in [0.4, 0.5) is 0 Å². The Labute approximate surface area is 132 Å². The number of hydrogen-bond donors (Lipinski definition) is 1. The normalized spacial score (nSPS) is 11.0. The first kappa shape index (κ1) is 13.9. The van der Waals surface area contributed by atoms with E-state index in [-0.39, 0.29) is 17.2 Å². The summed E-state index contributed by atoms with van der Waals surface area (Å²) in [4.78, 5) is 30.9. The number of aryl methyl sites for hydroxylation is 1. The van der Waals surface area contributed by atoms with Crippen LogP contribution in [0.1, 0.15) is 0 Å². The van der Waals surface area contributed by atoms with Gasteiger partial charge in [-0.15, -0.1) is 0 Å². The van der Waals surface area contributed by atoms with E-state index in [1.165, 1.54) is 11.6 Å². The number of para-hydroxylation sites is 1. The lowest BCUT2D eigenvalue weighted by molar-refractivity contribution is 0.446. The summed E-state index contributed by atoms with van der Waals surface area (Å²) in [5.41, 5.74) is -0.359. The lowest BCUT2D eigenvalue weighted by Crippen LogP contribution is -2.36. The number of halogens is 1. The SMILES string of the molecule is Cn1c(=O)c2[nH]c(Oc3ccccc3I)nc2n(C)c1=O. The van der Waals surface area contributed by atoms with E-state index >= 15 is 0 Å². The number of imidazole rings is 1. The number of ether oxygens (including phenoxy) is 1. The molecule has 3 rings (SSSR count). The Bertz CT molecular complexity index is 954. The second-order valence-electron chi connectivity index (χ2n) is 4.48. The molecule has 0 unspecified atom stereocenters. The summed E-state index contributed by atoms with van der Waals surface area (Å²) in [5.74, 6) is 0.624. The summed E-state index contributed by atoms with van der Waals surface area (Å²) >= 11 is 2.14. The highest BCUT2D eigenvalue weighted by atomic mass is 127. The highest BCUT2D eigenvalue weighted by Crippen LogP contribution is 2.25. The number of nitrogens with zero attached hydrogens (tertiary/aromatic N) is 3. The number of hydrogen-bond acceptors (Lipinski definition) is 4. The molecule has 21 heavy (non-hydrogen) atoms. The number of benzene rings is 1. The van der Waals surface area contributed by atoms with Crippen molar-refractivity contribution in [1.82, 2.24) is 19.1 Å². The first-order valence-electron chi connectivity index (χ1n) is 6.07. The minimum absolute atomic E-state index is 0.174. The van der Waals surface area contributed by atoms with Gasteiger partial charge in [-0.05, 0) is 34.7 Å². The number of nitrogens with one attached hydrogen (secondary N) is 1. The summed E-state index contributed by atoms with van der Waals surface area (Å²) < 4.78 is 8.89. The van der Waals surface area contributed by atoms with E-state index in [9.17, 15) is 9.59 Å². The number of aromatic amines is 1. The molecule has 0 fully saturated rings. The van der Waals surface area contributed by atoms with Crippen LogP contribution in [0.3, 0.4) is 0 Å². The fourth-order valence-corrected chi connectivity index (χ4v) is 2.48. The average molecular weight is 398 g/mol. The molecule has 0 aliphatic heterocycles. The van der Waals surface area contributed by atoms with Gasteiger partial charge in [0, 0.05) is 14.1 Å². The Morgan fingerprint density at radius 1 is 1.19 bits per heavy atom. The molecule has 0 saturated heterocycles. The van der Waals surface area contributed by atoms with Crippen molar-refractivity contribution in [2.45, 2.75) is 0 Å². The van der Waals surface area contributed by atoms with E-state index < -0.39 is 11.2 Å². The first-order valence-corrected chi connectivity index (χ1v) is 7.15. The Hall–Kier alpha value is -2.10. The van der Waals surface area contributed by atoms with Crippen LogP contribution in [0, 0.1) is 3.57 Å². The van der Waals surface area contributed by atoms with Gasteiger partial charge in [0.1, 0.15) is 5.75 Å². The zero-order valence-electron chi connectivity index (χ0n) is 11.3. The molecule has 3 aromatic rings. The van der Waals surface area contributed by atoms with E-state index in [4.69, 9.17) is 4.74 Å². The molecule has 1 N–H and O–H groups in total. The van der Waals surface area contributed by atoms with E-state index in [1.54, 1.807) is 13.1 Å². The van der Waals surface area contributed by atoms with E-state index in [0.717, 1.165) is 8.14 Å². The number of H-pyrrole nitrogens is 1. The van der Waals surface area contributed by atoms with Crippen LogP contribution >= 0.6 is 22.6 Å². The molecule has 0 radical (unpaired) electrons. The van der Waals surface area contributed by atoms with E-state index in [0.29, 0.717) is 5.75 Å². The zero-order valence-corrected chi connectivity index (χ0v) is 13.4.